The Bertz CT molecular complexity index is 1370. The van der Waals surface area contributed by atoms with Crippen molar-refractivity contribution in [1.29, 1.82) is 5.41 Å². The SMILES string of the molecule is CCC(C/C=C(\C=N)NC(=O)c1ccc(C(=O)C2=CCCC=C2)cc1)N1CCC(COc2cccc(C(=O)O)c2)CC1. The fraction of sp³-hybridized carbons (Fsp3) is 0.353. The number of carbonyl (C=O) groups is 3. The molecular weight excluding hydrogens is 530 g/mol. The minimum absolute atomic E-state index is 0.0503. The summed E-state index contributed by atoms with van der Waals surface area (Å²) in [6, 6.07) is 13.5. The molecule has 8 nitrogen and oxygen atoms in total. The molecule has 2 aromatic carbocycles. The van der Waals surface area contributed by atoms with Crippen LogP contribution in [0, 0.1) is 11.3 Å². The standard InChI is InChI=1S/C34H39N3O5/c1-2-30(37-19-17-24(18-20-37)23-42-31-10-6-9-28(21-31)34(40)41)16-15-29(22-35)36-33(39)27-13-11-26(12-14-27)32(38)25-7-4-3-5-8-25/h4,6-15,21-22,24,30,35H,2-3,5,16-20,23H2,1H3,(H,36,39)(H,40,41)/b29-15+,35-22?. The van der Waals surface area contributed by atoms with Crippen molar-refractivity contribution in [1.82, 2.24) is 10.2 Å². The van der Waals surface area contributed by atoms with Gasteiger partial charge >= 0.3 is 5.97 Å². The quantitative estimate of drug-likeness (QED) is 0.199. The van der Waals surface area contributed by atoms with Gasteiger partial charge in [-0.25, -0.2) is 4.79 Å². The fourth-order valence-corrected chi connectivity index (χ4v) is 5.33. The van der Waals surface area contributed by atoms with E-state index in [0.29, 0.717) is 53.1 Å². The Hall–Kier alpha value is -4.30. The van der Waals surface area contributed by atoms with Crippen LogP contribution in [0.5, 0.6) is 5.75 Å². The number of ketones is 1. The predicted molar refractivity (Wildman–Crippen MR) is 163 cm³/mol. The highest BCUT2D eigenvalue weighted by Gasteiger charge is 2.24. The highest BCUT2D eigenvalue weighted by Crippen LogP contribution is 2.24. The van der Waals surface area contributed by atoms with Crippen LogP contribution in [0.2, 0.25) is 0 Å². The Morgan fingerprint density at radius 2 is 1.81 bits per heavy atom. The monoisotopic (exact) mass is 569 g/mol. The zero-order valence-corrected chi connectivity index (χ0v) is 24.1. The second-order valence-electron chi connectivity index (χ2n) is 10.7. The van der Waals surface area contributed by atoms with E-state index in [2.05, 4.69) is 17.1 Å². The van der Waals surface area contributed by atoms with Crippen molar-refractivity contribution < 1.29 is 24.2 Å². The number of amides is 1. The number of hydrogen-bond acceptors (Lipinski definition) is 6. The normalized spacial score (nSPS) is 16.8. The number of nitrogens with one attached hydrogen (secondary N) is 2. The Balaban J connectivity index is 1.25. The Morgan fingerprint density at radius 1 is 1.07 bits per heavy atom. The van der Waals surface area contributed by atoms with Gasteiger partial charge in [-0.1, -0.05) is 49.4 Å². The minimum atomic E-state index is -0.966. The molecule has 8 heteroatoms. The maximum absolute atomic E-state index is 12.9. The lowest BCUT2D eigenvalue weighted by molar-refractivity contribution is 0.0695. The van der Waals surface area contributed by atoms with Crippen molar-refractivity contribution in [3.8, 4) is 5.75 Å². The van der Waals surface area contributed by atoms with E-state index in [1.54, 1.807) is 48.5 Å². The number of aromatic carboxylic acids is 1. The third kappa shape index (κ3) is 8.36. The summed E-state index contributed by atoms with van der Waals surface area (Å²) >= 11 is 0. The number of carboxylic acid groups (broad SMARTS) is 1. The van der Waals surface area contributed by atoms with Crippen LogP contribution in [0.3, 0.4) is 0 Å². The number of rotatable bonds is 13. The van der Waals surface area contributed by atoms with Gasteiger partial charge in [-0.15, -0.1) is 0 Å². The van der Waals surface area contributed by atoms with E-state index in [-0.39, 0.29) is 17.3 Å². The first-order valence-corrected chi connectivity index (χ1v) is 14.6. The molecular formula is C34H39N3O5. The first-order valence-electron chi connectivity index (χ1n) is 14.6. The van der Waals surface area contributed by atoms with Crippen LogP contribution in [0.15, 0.2) is 84.1 Å². The molecule has 0 bridgehead atoms. The van der Waals surface area contributed by atoms with Crippen LogP contribution >= 0.6 is 0 Å². The third-order valence-electron chi connectivity index (χ3n) is 7.89. The summed E-state index contributed by atoms with van der Waals surface area (Å²) in [4.78, 5) is 39.2. The van der Waals surface area contributed by atoms with E-state index >= 15 is 0 Å². The molecule has 220 valence electrons. The molecule has 1 heterocycles. The van der Waals surface area contributed by atoms with Gasteiger partial charge in [0.15, 0.2) is 5.78 Å². The van der Waals surface area contributed by atoms with Gasteiger partial charge in [-0.05, 0) is 87.9 Å². The zero-order chi connectivity index (χ0) is 29.9. The maximum Gasteiger partial charge on any atom is 0.335 e. The first-order chi connectivity index (χ1) is 20.4. The number of Topliss-reactive ketones (excluding diaryl/α,β-unsaturated/α-hetero) is 1. The van der Waals surface area contributed by atoms with Crippen molar-refractivity contribution in [2.75, 3.05) is 19.7 Å². The number of hydrogen-bond donors (Lipinski definition) is 3. The summed E-state index contributed by atoms with van der Waals surface area (Å²) in [5.74, 6) is -0.355. The molecule has 3 N–H and O–H groups in total. The highest BCUT2D eigenvalue weighted by atomic mass is 16.5. The van der Waals surface area contributed by atoms with Gasteiger partial charge in [0.25, 0.3) is 5.91 Å². The molecule has 1 amide bonds. The largest absolute Gasteiger partial charge is 0.493 e. The number of benzene rings is 2. The second kappa shape index (κ2) is 15.1. The van der Waals surface area contributed by atoms with Gasteiger partial charge in [0.05, 0.1) is 17.9 Å². The van der Waals surface area contributed by atoms with Gasteiger partial charge in [0.1, 0.15) is 5.75 Å². The molecule has 2 aliphatic rings. The molecule has 2 aromatic rings. The van der Waals surface area contributed by atoms with Gasteiger partial charge in [0.2, 0.25) is 0 Å². The Kier molecular flexibility index (Phi) is 11.0. The van der Waals surface area contributed by atoms with Crippen LogP contribution in [0.25, 0.3) is 0 Å². The van der Waals surface area contributed by atoms with E-state index in [1.165, 1.54) is 0 Å². The van der Waals surface area contributed by atoms with Gasteiger partial charge in [0, 0.05) is 29.0 Å². The molecule has 1 atom stereocenters. The molecule has 1 aliphatic carbocycles. The van der Waals surface area contributed by atoms with Crippen LogP contribution in [-0.4, -0.2) is 59.6 Å². The molecule has 42 heavy (non-hydrogen) atoms. The fourth-order valence-electron chi connectivity index (χ4n) is 5.33. The molecule has 0 saturated carbocycles. The lowest BCUT2D eigenvalue weighted by atomic mass is 9.95. The molecule has 0 spiro atoms. The molecule has 1 aliphatic heterocycles. The van der Waals surface area contributed by atoms with E-state index in [0.717, 1.165) is 51.4 Å². The van der Waals surface area contributed by atoms with Crippen LogP contribution in [-0.2, 0) is 0 Å². The van der Waals surface area contributed by atoms with E-state index in [9.17, 15) is 19.5 Å². The van der Waals surface area contributed by atoms with Crippen LogP contribution in [0.1, 0.15) is 76.5 Å². The van der Waals surface area contributed by atoms with Gasteiger partial charge in [-0.2, -0.15) is 0 Å². The molecule has 1 fully saturated rings. The second-order valence-corrected chi connectivity index (χ2v) is 10.7. The topological polar surface area (TPSA) is 120 Å². The van der Waals surface area contributed by atoms with Gasteiger partial charge in [-0.3, -0.25) is 9.59 Å². The summed E-state index contributed by atoms with van der Waals surface area (Å²) in [6.07, 6.45) is 14.3. The summed E-state index contributed by atoms with van der Waals surface area (Å²) in [7, 11) is 0. The molecule has 0 aromatic heterocycles. The maximum atomic E-state index is 12.9. The van der Waals surface area contributed by atoms with Crippen molar-refractivity contribution in [3.05, 3.63) is 101 Å². The Labute approximate surface area is 247 Å². The van der Waals surface area contributed by atoms with Crippen LogP contribution in [0.4, 0.5) is 0 Å². The smallest absolute Gasteiger partial charge is 0.335 e. The number of piperidine rings is 1. The first kappa shape index (κ1) is 30.7. The summed E-state index contributed by atoms with van der Waals surface area (Å²) < 4.78 is 5.89. The molecule has 0 radical (unpaired) electrons. The number of ether oxygens (including phenoxy) is 1. The lowest BCUT2D eigenvalue weighted by Crippen LogP contribution is -2.42. The van der Waals surface area contributed by atoms with E-state index < -0.39 is 5.97 Å². The predicted octanol–water partition coefficient (Wildman–Crippen LogP) is 6.07. The van der Waals surface area contributed by atoms with Crippen molar-refractivity contribution in [2.45, 2.75) is 51.5 Å². The third-order valence-corrected chi connectivity index (χ3v) is 7.89. The van der Waals surface area contributed by atoms with Crippen molar-refractivity contribution in [3.63, 3.8) is 0 Å². The summed E-state index contributed by atoms with van der Waals surface area (Å²) in [5.41, 5.74) is 2.32. The number of nitrogens with zero attached hydrogens (tertiary/aromatic N) is 1. The van der Waals surface area contributed by atoms with Gasteiger partial charge < -0.3 is 25.5 Å². The highest BCUT2D eigenvalue weighted by molar-refractivity contribution is 6.11. The number of likely N-dealkylation sites (tertiary alicyclic amines) is 1. The molecule has 1 saturated heterocycles. The Morgan fingerprint density at radius 3 is 2.45 bits per heavy atom. The van der Waals surface area contributed by atoms with E-state index in [4.69, 9.17) is 10.1 Å². The molecule has 4 rings (SSSR count). The zero-order valence-electron chi connectivity index (χ0n) is 24.1. The summed E-state index contributed by atoms with van der Waals surface area (Å²) in [5, 5.41) is 19.8. The number of allylic oxidation sites excluding steroid dienone is 5. The van der Waals surface area contributed by atoms with E-state index in [1.807, 2.05) is 24.3 Å². The number of carbonyl (C=O) groups excluding carboxylic acids is 2. The minimum Gasteiger partial charge on any atom is -0.493 e. The van der Waals surface area contributed by atoms with Crippen molar-refractivity contribution in [2.24, 2.45) is 5.92 Å². The molecule has 1 unspecified atom stereocenters. The number of carboxylic acids is 1. The van der Waals surface area contributed by atoms with Crippen molar-refractivity contribution >= 4 is 23.9 Å². The summed E-state index contributed by atoms with van der Waals surface area (Å²) in [6.45, 7) is 4.56. The average Bonchev–Trinajstić information content (AvgIpc) is 3.04. The average molecular weight is 570 g/mol. The van der Waals surface area contributed by atoms with Crippen LogP contribution < -0.4 is 10.1 Å². The lowest BCUT2D eigenvalue weighted by Gasteiger charge is -2.37.